The Hall–Kier alpha value is -1.21. The molecule has 1 rings (SSSR count). The predicted molar refractivity (Wildman–Crippen MR) is 90.2 cm³/mol. The predicted octanol–water partition coefficient (Wildman–Crippen LogP) is 3.39. The monoisotopic (exact) mass is 374 g/mol. The summed E-state index contributed by atoms with van der Waals surface area (Å²) in [4.78, 5) is 23.1. The van der Waals surface area contributed by atoms with Crippen molar-refractivity contribution in [3.63, 3.8) is 0 Å². The molecule has 0 saturated carbocycles. The number of hydrogen-bond acceptors (Lipinski definition) is 3. The number of aryl methyl sites for hydroxylation is 2. The lowest BCUT2D eigenvalue weighted by atomic mass is 10.1. The largest absolute Gasteiger partial charge is 0.480 e. The molecule has 0 aliphatic carbocycles. The highest BCUT2D eigenvalue weighted by Gasteiger charge is 2.20. The number of hydrogen-bond donors (Lipinski definition) is 3. The molecule has 2 amide bonds. The van der Waals surface area contributed by atoms with Crippen LogP contribution in [-0.4, -0.2) is 35.2 Å². The lowest BCUT2D eigenvalue weighted by Crippen LogP contribution is -2.43. The Kier molecular flexibility index (Phi) is 7.04. The van der Waals surface area contributed by atoms with Gasteiger partial charge in [-0.2, -0.15) is 11.8 Å². The van der Waals surface area contributed by atoms with Gasteiger partial charge in [-0.25, -0.2) is 9.59 Å². The molecule has 7 heteroatoms. The normalized spacial score (nSPS) is 11.8. The van der Waals surface area contributed by atoms with Crippen LogP contribution in [0.2, 0.25) is 0 Å². The van der Waals surface area contributed by atoms with Crippen molar-refractivity contribution in [2.24, 2.45) is 0 Å². The topological polar surface area (TPSA) is 78.4 Å². The zero-order valence-electron chi connectivity index (χ0n) is 12.2. The number of carbonyl (C=O) groups excluding carboxylic acids is 1. The first-order valence-corrected chi connectivity index (χ1v) is 8.59. The fourth-order valence-corrected chi connectivity index (χ4v) is 3.07. The Balaban J connectivity index is 2.74. The second-order valence-corrected chi connectivity index (χ2v) is 6.59. The molecule has 0 heterocycles. The van der Waals surface area contributed by atoms with Crippen molar-refractivity contribution < 1.29 is 14.7 Å². The van der Waals surface area contributed by atoms with E-state index in [1.165, 1.54) is 0 Å². The maximum absolute atomic E-state index is 12.0. The average Bonchev–Trinajstić information content (AvgIpc) is 2.38. The second kappa shape index (κ2) is 8.29. The highest BCUT2D eigenvalue weighted by Crippen LogP contribution is 2.25. The third kappa shape index (κ3) is 5.59. The maximum Gasteiger partial charge on any atom is 0.326 e. The lowest BCUT2D eigenvalue weighted by Gasteiger charge is -2.17. The Labute approximate surface area is 137 Å². The number of carboxylic acids is 1. The smallest absolute Gasteiger partial charge is 0.326 e. The minimum absolute atomic E-state index is 0.391. The molecule has 116 valence electrons. The van der Waals surface area contributed by atoms with E-state index in [1.807, 2.05) is 32.2 Å². The zero-order valence-corrected chi connectivity index (χ0v) is 14.6. The molecule has 3 N–H and O–H groups in total. The van der Waals surface area contributed by atoms with Crippen LogP contribution in [0.15, 0.2) is 16.6 Å². The van der Waals surface area contributed by atoms with E-state index >= 15 is 0 Å². The Morgan fingerprint density at radius 2 is 1.90 bits per heavy atom. The van der Waals surface area contributed by atoms with Crippen molar-refractivity contribution in [2.75, 3.05) is 17.3 Å². The Bertz CT molecular complexity index is 514. The minimum Gasteiger partial charge on any atom is -0.480 e. The van der Waals surface area contributed by atoms with Gasteiger partial charge >= 0.3 is 12.0 Å². The molecule has 0 saturated heterocycles. The van der Waals surface area contributed by atoms with E-state index in [9.17, 15) is 9.59 Å². The van der Waals surface area contributed by atoms with Crippen LogP contribution in [0.3, 0.4) is 0 Å². The zero-order chi connectivity index (χ0) is 16.0. The van der Waals surface area contributed by atoms with Crippen LogP contribution in [0.4, 0.5) is 10.5 Å². The number of nitrogens with one attached hydrogen (secondary N) is 2. The first kappa shape index (κ1) is 17.8. The molecule has 1 aromatic carbocycles. The molecule has 0 bridgehead atoms. The number of amides is 2. The SMILES string of the molecule is CSCC[C@H](NC(=O)Nc1c(C)cc(Br)cc1C)C(=O)O. The van der Waals surface area contributed by atoms with E-state index in [-0.39, 0.29) is 0 Å². The molecule has 0 aliphatic rings. The van der Waals surface area contributed by atoms with Gasteiger partial charge in [-0.05, 0) is 55.5 Å². The van der Waals surface area contributed by atoms with Crippen LogP contribution in [0.5, 0.6) is 0 Å². The molecule has 0 radical (unpaired) electrons. The molecule has 0 spiro atoms. The van der Waals surface area contributed by atoms with Crippen molar-refractivity contribution in [1.82, 2.24) is 5.32 Å². The minimum atomic E-state index is -1.02. The molecular weight excluding hydrogens is 356 g/mol. The van der Waals surface area contributed by atoms with E-state index in [4.69, 9.17) is 5.11 Å². The van der Waals surface area contributed by atoms with Gasteiger partial charge < -0.3 is 15.7 Å². The van der Waals surface area contributed by atoms with Gasteiger partial charge in [-0.1, -0.05) is 15.9 Å². The van der Waals surface area contributed by atoms with Crippen LogP contribution >= 0.6 is 27.7 Å². The van der Waals surface area contributed by atoms with Gasteiger partial charge in [0.15, 0.2) is 0 Å². The van der Waals surface area contributed by atoms with E-state index in [0.29, 0.717) is 17.9 Å². The number of benzene rings is 1. The number of thioether (sulfide) groups is 1. The fraction of sp³-hybridized carbons (Fsp3) is 0.429. The van der Waals surface area contributed by atoms with Crippen LogP contribution < -0.4 is 10.6 Å². The molecule has 21 heavy (non-hydrogen) atoms. The summed E-state index contributed by atoms with van der Waals surface area (Å²) in [5.74, 6) is -0.350. The number of carbonyl (C=O) groups is 2. The van der Waals surface area contributed by atoms with Gasteiger partial charge in [0.1, 0.15) is 6.04 Å². The molecule has 5 nitrogen and oxygen atoms in total. The maximum atomic E-state index is 12.0. The molecule has 0 aromatic heterocycles. The molecule has 0 aliphatic heterocycles. The quantitative estimate of drug-likeness (QED) is 0.712. The number of urea groups is 1. The first-order valence-electron chi connectivity index (χ1n) is 6.41. The van der Waals surface area contributed by atoms with Crippen molar-refractivity contribution in [2.45, 2.75) is 26.3 Å². The summed E-state index contributed by atoms with van der Waals surface area (Å²) in [6.07, 6.45) is 2.29. The Morgan fingerprint density at radius 1 is 1.33 bits per heavy atom. The summed E-state index contributed by atoms with van der Waals surface area (Å²) >= 11 is 4.94. The lowest BCUT2D eigenvalue weighted by molar-refractivity contribution is -0.139. The van der Waals surface area contributed by atoms with Crippen molar-refractivity contribution >= 4 is 45.4 Å². The summed E-state index contributed by atoms with van der Waals surface area (Å²) in [7, 11) is 0. The molecule has 1 atom stereocenters. The van der Waals surface area contributed by atoms with E-state index in [1.54, 1.807) is 11.8 Å². The van der Waals surface area contributed by atoms with E-state index in [2.05, 4.69) is 26.6 Å². The summed E-state index contributed by atoms with van der Waals surface area (Å²) in [6.45, 7) is 3.77. The van der Waals surface area contributed by atoms with Crippen molar-refractivity contribution in [3.05, 3.63) is 27.7 Å². The van der Waals surface area contributed by atoms with Gasteiger partial charge in [0, 0.05) is 10.2 Å². The third-order valence-corrected chi connectivity index (χ3v) is 4.05. The standard InChI is InChI=1S/C14H19BrN2O3S/c1-8-6-10(15)7-9(2)12(8)17-14(20)16-11(13(18)19)4-5-21-3/h6-7,11H,4-5H2,1-3H3,(H,18,19)(H2,16,17,20)/t11-/m0/s1. The van der Waals surface area contributed by atoms with Crippen LogP contribution in [0.25, 0.3) is 0 Å². The van der Waals surface area contributed by atoms with Crippen LogP contribution in [0, 0.1) is 13.8 Å². The number of aliphatic carboxylic acids is 1. The number of rotatable bonds is 6. The average molecular weight is 375 g/mol. The highest BCUT2D eigenvalue weighted by molar-refractivity contribution is 9.10. The van der Waals surface area contributed by atoms with Gasteiger partial charge in [0.25, 0.3) is 0 Å². The molecule has 0 unspecified atom stereocenters. The summed E-state index contributed by atoms with van der Waals surface area (Å²) in [6, 6.07) is 2.40. The number of anilines is 1. The fourth-order valence-electron chi connectivity index (χ4n) is 1.91. The molecule has 0 fully saturated rings. The van der Waals surface area contributed by atoms with Gasteiger partial charge in [0.05, 0.1) is 0 Å². The van der Waals surface area contributed by atoms with Gasteiger partial charge in [-0.3, -0.25) is 0 Å². The molecule has 1 aromatic rings. The second-order valence-electron chi connectivity index (χ2n) is 4.69. The summed E-state index contributed by atoms with van der Waals surface area (Å²) < 4.78 is 0.937. The highest BCUT2D eigenvalue weighted by atomic mass is 79.9. The summed E-state index contributed by atoms with van der Waals surface area (Å²) in [5, 5.41) is 14.3. The third-order valence-electron chi connectivity index (χ3n) is 2.95. The van der Waals surface area contributed by atoms with Gasteiger partial charge in [-0.15, -0.1) is 0 Å². The Morgan fingerprint density at radius 3 is 2.38 bits per heavy atom. The van der Waals surface area contributed by atoms with Gasteiger partial charge in [0.2, 0.25) is 0 Å². The van der Waals surface area contributed by atoms with Crippen LogP contribution in [0.1, 0.15) is 17.5 Å². The van der Waals surface area contributed by atoms with Crippen molar-refractivity contribution in [3.8, 4) is 0 Å². The first-order chi connectivity index (χ1) is 9.85. The van der Waals surface area contributed by atoms with E-state index < -0.39 is 18.0 Å². The number of carboxylic acid groups (broad SMARTS) is 1. The van der Waals surface area contributed by atoms with Crippen molar-refractivity contribution in [1.29, 1.82) is 0 Å². The molecular formula is C14H19BrN2O3S. The summed E-state index contributed by atoms with van der Waals surface area (Å²) in [5.41, 5.74) is 2.52. The number of halogens is 1. The van der Waals surface area contributed by atoms with E-state index in [0.717, 1.165) is 15.6 Å². The van der Waals surface area contributed by atoms with Crippen LogP contribution in [-0.2, 0) is 4.79 Å².